The molecule has 2 heterocycles. The molecule has 1 aromatic carbocycles. The number of nitro benzene ring substituents is 1. The summed E-state index contributed by atoms with van der Waals surface area (Å²) in [7, 11) is 0. The number of rotatable bonds is 3. The Balaban J connectivity index is 2.27. The van der Waals surface area contributed by atoms with E-state index < -0.39 is 10.9 Å². The zero-order valence-electron chi connectivity index (χ0n) is 10.8. The van der Waals surface area contributed by atoms with E-state index in [0.717, 1.165) is 0 Å². The van der Waals surface area contributed by atoms with Gasteiger partial charge in [0.15, 0.2) is 11.3 Å². The summed E-state index contributed by atoms with van der Waals surface area (Å²) in [5.41, 5.74) is 0.907. The predicted octanol–water partition coefficient (Wildman–Crippen LogP) is 2.77. The Hall–Kier alpha value is -2.81. The Morgan fingerprint density at radius 2 is 2.14 bits per heavy atom. The topological polar surface area (TPSA) is 111 Å². The van der Waals surface area contributed by atoms with Crippen molar-refractivity contribution in [2.75, 3.05) is 0 Å². The van der Waals surface area contributed by atoms with Crippen LogP contribution in [0.25, 0.3) is 16.9 Å². The number of aromatic carboxylic acids is 1. The lowest BCUT2D eigenvalue weighted by Gasteiger charge is -2.05. The highest BCUT2D eigenvalue weighted by Crippen LogP contribution is 2.26. The zero-order chi connectivity index (χ0) is 15.9. The van der Waals surface area contributed by atoms with Gasteiger partial charge < -0.3 is 5.11 Å². The standard InChI is InChI=1S/C13H7BrN4O4/c14-9-6-15-17-11(13(19)20)5-10(16-12(9)17)7-2-1-3-8(4-7)18(21)22/h1-6H,(H,19,20). The van der Waals surface area contributed by atoms with Crippen LogP contribution in [0, 0.1) is 10.1 Å². The van der Waals surface area contributed by atoms with Crippen LogP contribution in [0.4, 0.5) is 5.69 Å². The van der Waals surface area contributed by atoms with E-state index in [0.29, 0.717) is 21.4 Å². The van der Waals surface area contributed by atoms with Gasteiger partial charge in [0.25, 0.3) is 5.69 Å². The molecule has 0 aliphatic heterocycles. The number of benzene rings is 1. The van der Waals surface area contributed by atoms with Crippen molar-refractivity contribution in [1.29, 1.82) is 0 Å². The molecule has 0 radical (unpaired) electrons. The second-order valence-electron chi connectivity index (χ2n) is 4.37. The Morgan fingerprint density at radius 1 is 1.36 bits per heavy atom. The number of fused-ring (bicyclic) bond motifs is 1. The molecule has 0 atom stereocenters. The molecule has 0 saturated heterocycles. The zero-order valence-corrected chi connectivity index (χ0v) is 12.4. The van der Waals surface area contributed by atoms with Crippen molar-refractivity contribution >= 4 is 33.2 Å². The molecule has 0 aliphatic carbocycles. The Kier molecular flexibility index (Phi) is 3.33. The summed E-state index contributed by atoms with van der Waals surface area (Å²) in [6, 6.07) is 7.17. The van der Waals surface area contributed by atoms with Gasteiger partial charge >= 0.3 is 5.97 Å². The molecular formula is C13H7BrN4O4. The minimum Gasteiger partial charge on any atom is -0.477 e. The molecule has 0 spiro atoms. The normalized spacial score (nSPS) is 10.8. The fourth-order valence-electron chi connectivity index (χ4n) is 2.02. The Bertz CT molecular complexity index is 922. The first-order chi connectivity index (χ1) is 10.5. The van der Waals surface area contributed by atoms with Gasteiger partial charge in [0.2, 0.25) is 0 Å². The summed E-state index contributed by atoms with van der Waals surface area (Å²) < 4.78 is 1.72. The van der Waals surface area contributed by atoms with E-state index >= 15 is 0 Å². The van der Waals surface area contributed by atoms with Gasteiger partial charge in [-0.3, -0.25) is 10.1 Å². The number of aromatic nitrogens is 3. The van der Waals surface area contributed by atoms with Crippen LogP contribution in [0.15, 0.2) is 41.0 Å². The first-order valence-corrected chi connectivity index (χ1v) is 6.79. The van der Waals surface area contributed by atoms with Crippen molar-refractivity contribution in [3.63, 3.8) is 0 Å². The van der Waals surface area contributed by atoms with Gasteiger partial charge in [-0.05, 0) is 22.0 Å². The van der Waals surface area contributed by atoms with Crippen molar-refractivity contribution in [1.82, 2.24) is 14.6 Å². The highest BCUT2D eigenvalue weighted by Gasteiger charge is 2.17. The van der Waals surface area contributed by atoms with Crippen molar-refractivity contribution in [2.45, 2.75) is 0 Å². The van der Waals surface area contributed by atoms with Crippen molar-refractivity contribution in [3.8, 4) is 11.3 Å². The second kappa shape index (κ2) is 5.19. The van der Waals surface area contributed by atoms with Gasteiger partial charge in [-0.15, -0.1) is 0 Å². The van der Waals surface area contributed by atoms with Crippen LogP contribution in [-0.4, -0.2) is 30.6 Å². The third-order valence-electron chi connectivity index (χ3n) is 3.00. The summed E-state index contributed by atoms with van der Waals surface area (Å²) in [4.78, 5) is 26.0. The summed E-state index contributed by atoms with van der Waals surface area (Å²) in [5, 5.41) is 24.1. The maximum absolute atomic E-state index is 11.4. The summed E-state index contributed by atoms with van der Waals surface area (Å²) in [5.74, 6) is -1.17. The lowest BCUT2D eigenvalue weighted by Crippen LogP contribution is -2.08. The molecule has 3 rings (SSSR count). The average Bonchev–Trinajstić information content (AvgIpc) is 2.88. The number of halogens is 1. The highest BCUT2D eigenvalue weighted by molar-refractivity contribution is 9.10. The van der Waals surface area contributed by atoms with E-state index in [1.807, 2.05) is 0 Å². The van der Waals surface area contributed by atoms with Crippen LogP contribution in [0.3, 0.4) is 0 Å². The van der Waals surface area contributed by atoms with Gasteiger partial charge in [0.05, 0.1) is 21.3 Å². The monoisotopic (exact) mass is 362 g/mol. The predicted molar refractivity (Wildman–Crippen MR) is 79.7 cm³/mol. The maximum atomic E-state index is 11.4. The number of hydrogen-bond acceptors (Lipinski definition) is 5. The van der Waals surface area contributed by atoms with Crippen LogP contribution >= 0.6 is 15.9 Å². The molecule has 3 aromatic rings. The number of nitro groups is 1. The van der Waals surface area contributed by atoms with E-state index in [2.05, 4.69) is 26.0 Å². The molecule has 0 aliphatic rings. The molecule has 22 heavy (non-hydrogen) atoms. The molecule has 0 saturated carbocycles. The van der Waals surface area contributed by atoms with Crippen molar-refractivity contribution in [3.05, 3.63) is 56.8 Å². The van der Waals surface area contributed by atoms with Crippen LogP contribution in [0.5, 0.6) is 0 Å². The molecular weight excluding hydrogens is 356 g/mol. The number of carboxylic acid groups (broad SMARTS) is 1. The Morgan fingerprint density at radius 3 is 2.82 bits per heavy atom. The van der Waals surface area contributed by atoms with Crippen LogP contribution in [0.2, 0.25) is 0 Å². The second-order valence-corrected chi connectivity index (χ2v) is 5.22. The largest absolute Gasteiger partial charge is 0.477 e. The van der Waals surface area contributed by atoms with Gasteiger partial charge in [0, 0.05) is 17.7 Å². The molecule has 0 bridgehead atoms. The molecule has 110 valence electrons. The average molecular weight is 363 g/mol. The number of non-ortho nitro benzene ring substituents is 1. The molecule has 2 aromatic heterocycles. The van der Waals surface area contributed by atoms with Crippen molar-refractivity contribution < 1.29 is 14.8 Å². The van der Waals surface area contributed by atoms with Crippen LogP contribution in [-0.2, 0) is 0 Å². The van der Waals surface area contributed by atoms with Gasteiger partial charge in [0.1, 0.15) is 0 Å². The van der Waals surface area contributed by atoms with Gasteiger partial charge in [-0.2, -0.15) is 5.10 Å². The fraction of sp³-hybridized carbons (Fsp3) is 0. The minimum absolute atomic E-state index is 0.0859. The quantitative estimate of drug-likeness (QED) is 0.566. The summed E-state index contributed by atoms with van der Waals surface area (Å²) >= 11 is 3.25. The van der Waals surface area contributed by atoms with E-state index in [4.69, 9.17) is 0 Å². The minimum atomic E-state index is -1.17. The maximum Gasteiger partial charge on any atom is 0.354 e. The highest BCUT2D eigenvalue weighted by atomic mass is 79.9. The SMILES string of the molecule is O=C(O)c1cc(-c2cccc([N+](=O)[O-])c2)nc2c(Br)cnn12. The molecule has 8 nitrogen and oxygen atoms in total. The molecule has 0 unspecified atom stereocenters. The van der Waals surface area contributed by atoms with Crippen molar-refractivity contribution in [2.24, 2.45) is 0 Å². The summed E-state index contributed by atoms with van der Waals surface area (Å²) in [6.45, 7) is 0. The first kappa shape index (κ1) is 14.1. The Labute approximate surface area is 131 Å². The lowest BCUT2D eigenvalue weighted by molar-refractivity contribution is -0.384. The first-order valence-electron chi connectivity index (χ1n) is 6.00. The van der Waals surface area contributed by atoms with E-state index in [1.165, 1.54) is 35.0 Å². The molecule has 0 amide bonds. The smallest absolute Gasteiger partial charge is 0.354 e. The van der Waals surface area contributed by atoms with Gasteiger partial charge in [-0.1, -0.05) is 12.1 Å². The lowest BCUT2D eigenvalue weighted by atomic mass is 10.1. The van der Waals surface area contributed by atoms with E-state index in [-0.39, 0.29) is 11.4 Å². The van der Waals surface area contributed by atoms with Crippen LogP contribution in [0.1, 0.15) is 10.5 Å². The molecule has 0 fully saturated rings. The number of carboxylic acids is 1. The molecule has 1 N–H and O–H groups in total. The number of nitrogens with zero attached hydrogens (tertiary/aromatic N) is 4. The third-order valence-corrected chi connectivity index (χ3v) is 3.56. The van der Waals surface area contributed by atoms with E-state index in [9.17, 15) is 20.0 Å². The van der Waals surface area contributed by atoms with Crippen LogP contribution < -0.4 is 0 Å². The third kappa shape index (κ3) is 2.31. The number of hydrogen-bond donors (Lipinski definition) is 1. The van der Waals surface area contributed by atoms with E-state index in [1.54, 1.807) is 6.07 Å². The van der Waals surface area contributed by atoms with Gasteiger partial charge in [-0.25, -0.2) is 14.3 Å². The molecule has 9 heteroatoms. The number of carbonyl (C=O) groups is 1. The summed E-state index contributed by atoms with van der Waals surface area (Å²) in [6.07, 6.45) is 1.44. The fourth-order valence-corrected chi connectivity index (χ4v) is 2.36.